The molecular formula is C18H21N3O3S. The molecule has 2 aromatic heterocycles. The third-order valence-electron chi connectivity index (χ3n) is 3.63. The smallest absolute Gasteiger partial charge is 0.294 e. The van der Waals surface area contributed by atoms with Crippen LogP contribution in [-0.2, 0) is 13.1 Å². The van der Waals surface area contributed by atoms with Crippen LogP contribution in [0.5, 0.6) is 5.19 Å². The molecule has 0 radical (unpaired) electrons. The zero-order chi connectivity index (χ0) is 17.5. The van der Waals surface area contributed by atoms with E-state index in [1.165, 1.54) is 16.9 Å². The van der Waals surface area contributed by atoms with E-state index in [2.05, 4.69) is 27.2 Å². The number of rotatable bonds is 9. The molecular weight excluding hydrogens is 338 g/mol. The Balaban J connectivity index is 1.70. The Bertz CT molecular complexity index is 746. The quantitative estimate of drug-likeness (QED) is 0.632. The van der Waals surface area contributed by atoms with Gasteiger partial charge in [-0.1, -0.05) is 41.7 Å². The number of aliphatic hydroxyl groups excluding tert-OH is 1. The first-order valence-corrected chi connectivity index (χ1v) is 8.99. The van der Waals surface area contributed by atoms with E-state index >= 15 is 0 Å². The maximum atomic E-state index is 10.4. The van der Waals surface area contributed by atoms with Gasteiger partial charge in [0.1, 0.15) is 16.9 Å². The molecule has 0 aliphatic rings. The molecule has 3 rings (SSSR count). The Morgan fingerprint density at radius 1 is 1.16 bits per heavy atom. The van der Waals surface area contributed by atoms with Gasteiger partial charge in [0.2, 0.25) is 0 Å². The molecule has 2 heterocycles. The van der Waals surface area contributed by atoms with Crippen LogP contribution in [0.3, 0.4) is 0 Å². The van der Waals surface area contributed by atoms with E-state index in [0.717, 1.165) is 5.01 Å². The standard InChI is InChI=1S/C18H21N3O3S/c1-2-23-18-20-19-17(25-18)13-21(11-14-7-4-3-5-8-14)12-15(22)16-9-6-10-24-16/h3-10,15,22H,2,11-13H2,1H3. The Labute approximate surface area is 150 Å². The molecule has 0 saturated heterocycles. The first kappa shape index (κ1) is 17.6. The van der Waals surface area contributed by atoms with Gasteiger partial charge in [0.15, 0.2) is 0 Å². The lowest BCUT2D eigenvalue weighted by Gasteiger charge is -2.23. The van der Waals surface area contributed by atoms with Crippen LogP contribution in [0.2, 0.25) is 0 Å². The number of nitrogens with zero attached hydrogens (tertiary/aromatic N) is 3. The van der Waals surface area contributed by atoms with Crippen molar-refractivity contribution in [1.82, 2.24) is 15.1 Å². The molecule has 0 fully saturated rings. The molecule has 0 saturated carbocycles. The highest BCUT2D eigenvalue weighted by molar-refractivity contribution is 7.13. The normalized spacial score (nSPS) is 12.4. The highest BCUT2D eigenvalue weighted by atomic mass is 32.1. The molecule has 25 heavy (non-hydrogen) atoms. The Kier molecular flexibility index (Phi) is 6.16. The molecule has 1 N–H and O–H groups in total. The van der Waals surface area contributed by atoms with Crippen LogP contribution in [0, 0.1) is 0 Å². The van der Waals surface area contributed by atoms with E-state index in [9.17, 15) is 5.11 Å². The van der Waals surface area contributed by atoms with Gasteiger partial charge in [-0.15, -0.1) is 10.2 Å². The molecule has 132 valence electrons. The summed E-state index contributed by atoms with van der Waals surface area (Å²) in [6, 6.07) is 13.7. The molecule has 6 nitrogen and oxygen atoms in total. The molecule has 0 spiro atoms. The summed E-state index contributed by atoms with van der Waals surface area (Å²) in [6.07, 6.45) is 0.872. The summed E-state index contributed by atoms with van der Waals surface area (Å²) in [4.78, 5) is 2.12. The van der Waals surface area contributed by atoms with Crippen LogP contribution in [0.25, 0.3) is 0 Å². The fourth-order valence-corrected chi connectivity index (χ4v) is 3.31. The third kappa shape index (κ3) is 5.12. The van der Waals surface area contributed by atoms with Gasteiger partial charge in [-0.25, -0.2) is 0 Å². The molecule has 0 aliphatic carbocycles. The minimum Gasteiger partial charge on any atom is -0.469 e. The maximum Gasteiger partial charge on any atom is 0.294 e. The van der Waals surface area contributed by atoms with Crippen molar-refractivity contribution in [3.63, 3.8) is 0 Å². The van der Waals surface area contributed by atoms with Crippen LogP contribution >= 0.6 is 11.3 Å². The van der Waals surface area contributed by atoms with Crippen molar-refractivity contribution >= 4 is 11.3 Å². The summed E-state index contributed by atoms with van der Waals surface area (Å²) in [5.41, 5.74) is 1.17. The van der Waals surface area contributed by atoms with Crippen molar-refractivity contribution in [2.24, 2.45) is 0 Å². The lowest BCUT2D eigenvalue weighted by Crippen LogP contribution is -2.28. The third-order valence-corrected chi connectivity index (χ3v) is 4.45. The van der Waals surface area contributed by atoms with Crippen LogP contribution in [0.4, 0.5) is 0 Å². The molecule has 7 heteroatoms. The average Bonchev–Trinajstić information content (AvgIpc) is 3.28. The molecule has 1 aromatic carbocycles. The monoisotopic (exact) mass is 359 g/mol. The van der Waals surface area contributed by atoms with Gasteiger partial charge >= 0.3 is 0 Å². The Morgan fingerprint density at radius 3 is 2.72 bits per heavy atom. The predicted molar refractivity (Wildman–Crippen MR) is 95.3 cm³/mol. The van der Waals surface area contributed by atoms with Crippen molar-refractivity contribution in [2.75, 3.05) is 13.2 Å². The summed E-state index contributed by atoms with van der Waals surface area (Å²) >= 11 is 1.43. The van der Waals surface area contributed by atoms with Crippen molar-refractivity contribution in [3.8, 4) is 5.19 Å². The van der Waals surface area contributed by atoms with Gasteiger partial charge < -0.3 is 14.3 Å². The molecule has 3 aromatic rings. The van der Waals surface area contributed by atoms with Crippen LogP contribution in [0.1, 0.15) is 29.4 Å². The summed E-state index contributed by atoms with van der Waals surface area (Å²) in [5, 5.41) is 20.1. The number of aromatic nitrogens is 2. The summed E-state index contributed by atoms with van der Waals surface area (Å²) < 4.78 is 10.7. The second kappa shape index (κ2) is 8.75. The van der Waals surface area contributed by atoms with Crippen molar-refractivity contribution in [2.45, 2.75) is 26.1 Å². The van der Waals surface area contributed by atoms with Gasteiger partial charge in [0.05, 0.1) is 19.4 Å². The fourth-order valence-electron chi connectivity index (χ4n) is 2.52. The van der Waals surface area contributed by atoms with Gasteiger partial charge in [-0.3, -0.25) is 4.90 Å². The second-order valence-corrected chi connectivity index (χ2v) is 6.61. The van der Waals surface area contributed by atoms with E-state index in [1.807, 2.05) is 25.1 Å². The van der Waals surface area contributed by atoms with Crippen molar-refractivity contribution in [3.05, 3.63) is 65.1 Å². The van der Waals surface area contributed by atoms with Gasteiger partial charge in [-0.05, 0) is 24.6 Å². The number of aliphatic hydroxyl groups is 1. The minimum absolute atomic E-state index is 0.436. The maximum absolute atomic E-state index is 10.4. The Morgan fingerprint density at radius 2 is 2.00 bits per heavy atom. The van der Waals surface area contributed by atoms with E-state index in [-0.39, 0.29) is 0 Å². The van der Waals surface area contributed by atoms with E-state index in [1.54, 1.807) is 18.4 Å². The zero-order valence-electron chi connectivity index (χ0n) is 14.0. The van der Waals surface area contributed by atoms with E-state index in [4.69, 9.17) is 9.15 Å². The zero-order valence-corrected chi connectivity index (χ0v) is 14.9. The molecule has 1 atom stereocenters. The summed E-state index contributed by atoms with van der Waals surface area (Å²) in [7, 11) is 0. The van der Waals surface area contributed by atoms with Crippen molar-refractivity contribution < 1.29 is 14.3 Å². The lowest BCUT2D eigenvalue weighted by molar-refractivity contribution is 0.0871. The summed E-state index contributed by atoms with van der Waals surface area (Å²) in [5.74, 6) is 0.560. The molecule has 0 aliphatic heterocycles. The van der Waals surface area contributed by atoms with Crippen LogP contribution in [-0.4, -0.2) is 33.4 Å². The number of hydrogen-bond acceptors (Lipinski definition) is 7. The number of benzene rings is 1. The highest BCUT2D eigenvalue weighted by Crippen LogP contribution is 2.22. The Hall–Kier alpha value is -2.22. The number of ether oxygens (including phenoxy) is 1. The van der Waals surface area contributed by atoms with Gasteiger partial charge in [-0.2, -0.15) is 0 Å². The largest absolute Gasteiger partial charge is 0.469 e. The molecule has 0 bridgehead atoms. The second-order valence-electron chi connectivity index (χ2n) is 5.58. The van der Waals surface area contributed by atoms with Crippen LogP contribution < -0.4 is 4.74 Å². The fraction of sp³-hybridized carbons (Fsp3) is 0.333. The molecule has 1 unspecified atom stereocenters. The minimum atomic E-state index is -0.696. The van der Waals surface area contributed by atoms with Crippen LogP contribution in [0.15, 0.2) is 53.1 Å². The first-order chi connectivity index (χ1) is 12.2. The highest BCUT2D eigenvalue weighted by Gasteiger charge is 2.18. The molecule has 0 amide bonds. The number of furan rings is 1. The first-order valence-electron chi connectivity index (χ1n) is 8.17. The topological polar surface area (TPSA) is 71.6 Å². The average molecular weight is 359 g/mol. The summed E-state index contributed by atoms with van der Waals surface area (Å²) in [6.45, 7) is 4.20. The van der Waals surface area contributed by atoms with E-state index < -0.39 is 6.10 Å². The van der Waals surface area contributed by atoms with Gasteiger partial charge in [0, 0.05) is 13.1 Å². The van der Waals surface area contributed by atoms with E-state index in [0.29, 0.717) is 37.2 Å². The predicted octanol–water partition coefficient (Wildman–Crippen LogP) is 3.27. The van der Waals surface area contributed by atoms with Gasteiger partial charge in [0.25, 0.3) is 5.19 Å². The SMILES string of the molecule is CCOc1nnc(CN(Cc2ccccc2)CC(O)c2ccco2)s1. The number of hydrogen-bond donors (Lipinski definition) is 1. The van der Waals surface area contributed by atoms with Crippen molar-refractivity contribution in [1.29, 1.82) is 0 Å². The lowest BCUT2D eigenvalue weighted by atomic mass is 10.2.